The molecule has 0 saturated carbocycles. The van der Waals surface area contributed by atoms with E-state index in [0.29, 0.717) is 28.9 Å². The van der Waals surface area contributed by atoms with E-state index in [1.54, 1.807) is 28.8 Å². The van der Waals surface area contributed by atoms with Gasteiger partial charge in [-0.1, -0.05) is 23.7 Å². The normalized spacial score (nSPS) is 10.8. The Bertz CT molecular complexity index is 957. The van der Waals surface area contributed by atoms with Crippen LogP contribution in [0.5, 0.6) is 0 Å². The molecule has 2 aromatic carbocycles. The molecule has 3 rings (SSSR count). The second kappa shape index (κ2) is 8.87. The van der Waals surface area contributed by atoms with Crippen LogP contribution in [-0.4, -0.2) is 27.9 Å². The Morgan fingerprint density at radius 1 is 1.15 bits per heavy atom. The largest absolute Gasteiger partial charge is 0.465 e. The highest BCUT2D eigenvalue weighted by molar-refractivity contribution is 8.00. The molecule has 0 fully saturated rings. The van der Waals surface area contributed by atoms with E-state index >= 15 is 0 Å². The summed E-state index contributed by atoms with van der Waals surface area (Å²) < 4.78 is 6.76. The van der Waals surface area contributed by atoms with Crippen LogP contribution in [-0.2, 0) is 16.1 Å². The van der Waals surface area contributed by atoms with Gasteiger partial charge in [-0.2, -0.15) is 0 Å². The maximum atomic E-state index is 12.3. The summed E-state index contributed by atoms with van der Waals surface area (Å²) in [6, 6.07) is 14.5. The number of hydrogen-bond acceptors (Lipinski definition) is 5. The molecule has 3 aromatic rings. The number of ether oxygens (including phenoxy) is 1. The molecule has 0 spiro atoms. The van der Waals surface area contributed by atoms with Gasteiger partial charge in [-0.25, -0.2) is 4.98 Å². The van der Waals surface area contributed by atoms with E-state index in [9.17, 15) is 9.59 Å². The van der Waals surface area contributed by atoms with Gasteiger partial charge in [-0.3, -0.25) is 14.2 Å². The second-order valence-electron chi connectivity index (χ2n) is 5.58. The molecule has 0 unspecified atom stereocenters. The molecule has 7 heteroatoms. The minimum atomic E-state index is -0.283. The van der Waals surface area contributed by atoms with Crippen molar-refractivity contribution in [2.24, 2.45) is 0 Å². The summed E-state index contributed by atoms with van der Waals surface area (Å²) in [6.07, 6.45) is 2.08. The molecule has 0 radical (unpaired) electrons. The van der Waals surface area contributed by atoms with Crippen LogP contribution in [0.25, 0.3) is 10.9 Å². The summed E-state index contributed by atoms with van der Waals surface area (Å²) >= 11 is 7.22. The number of esters is 1. The third kappa shape index (κ3) is 4.86. The van der Waals surface area contributed by atoms with Gasteiger partial charge in [-0.05, 0) is 42.8 Å². The van der Waals surface area contributed by atoms with Crippen LogP contribution >= 0.6 is 23.4 Å². The van der Waals surface area contributed by atoms with E-state index in [1.165, 1.54) is 18.1 Å². The van der Waals surface area contributed by atoms with Gasteiger partial charge in [0.1, 0.15) is 0 Å². The predicted molar refractivity (Wildman–Crippen MR) is 104 cm³/mol. The zero-order chi connectivity index (χ0) is 18.4. The highest BCUT2D eigenvalue weighted by Gasteiger charge is 2.06. The van der Waals surface area contributed by atoms with Crippen LogP contribution in [0.1, 0.15) is 6.42 Å². The van der Waals surface area contributed by atoms with Crippen molar-refractivity contribution in [1.29, 1.82) is 0 Å². The van der Waals surface area contributed by atoms with Gasteiger partial charge in [-0.15, -0.1) is 11.8 Å². The Kier molecular flexibility index (Phi) is 6.30. The monoisotopic (exact) mass is 388 g/mol. The van der Waals surface area contributed by atoms with Crippen molar-refractivity contribution >= 4 is 40.2 Å². The topological polar surface area (TPSA) is 61.2 Å². The smallest absolute Gasteiger partial charge is 0.316 e. The first-order valence-electron chi connectivity index (χ1n) is 8.11. The van der Waals surface area contributed by atoms with E-state index in [1.807, 2.05) is 24.3 Å². The van der Waals surface area contributed by atoms with Crippen molar-refractivity contribution in [2.75, 3.05) is 12.4 Å². The third-order valence-electron chi connectivity index (χ3n) is 3.71. The van der Waals surface area contributed by atoms with Crippen LogP contribution < -0.4 is 5.56 Å². The van der Waals surface area contributed by atoms with Crippen molar-refractivity contribution in [3.63, 3.8) is 0 Å². The lowest BCUT2D eigenvalue weighted by Gasteiger charge is -2.07. The number of fused-ring (bicyclic) bond motifs is 1. The maximum Gasteiger partial charge on any atom is 0.316 e. The molecular weight excluding hydrogens is 372 g/mol. The molecule has 0 aliphatic carbocycles. The number of para-hydroxylation sites is 1. The number of halogens is 1. The molecule has 0 N–H and O–H groups in total. The Balaban J connectivity index is 1.44. The minimum absolute atomic E-state index is 0.0831. The Hall–Kier alpha value is -2.31. The predicted octanol–water partition coefficient (Wildman–Crippen LogP) is 3.78. The highest BCUT2D eigenvalue weighted by Crippen LogP contribution is 2.20. The number of thioether (sulfide) groups is 1. The van der Waals surface area contributed by atoms with Gasteiger partial charge in [0.2, 0.25) is 0 Å². The van der Waals surface area contributed by atoms with Crippen LogP contribution in [0.2, 0.25) is 5.02 Å². The highest BCUT2D eigenvalue weighted by atomic mass is 35.5. The number of carbonyl (C=O) groups excluding carboxylic acids is 1. The van der Waals surface area contributed by atoms with E-state index in [-0.39, 0.29) is 23.9 Å². The molecule has 5 nitrogen and oxygen atoms in total. The minimum Gasteiger partial charge on any atom is -0.465 e. The van der Waals surface area contributed by atoms with E-state index < -0.39 is 0 Å². The number of carbonyl (C=O) groups is 1. The molecule has 0 saturated heterocycles. The molecule has 0 atom stereocenters. The average molecular weight is 389 g/mol. The maximum absolute atomic E-state index is 12.3. The number of hydrogen-bond donors (Lipinski definition) is 0. The Morgan fingerprint density at radius 2 is 1.92 bits per heavy atom. The molecule has 0 aliphatic heterocycles. The van der Waals surface area contributed by atoms with Crippen molar-refractivity contribution in [2.45, 2.75) is 17.9 Å². The van der Waals surface area contributed by atoms with Gasteiger partial charge in [0.25, 0.3) is 5.56 Å². The lowest BCUT2D eigenvalue weighted by molar-refractivity contribution is -0.140. The first-order chi connectivity index (χ1) is 12.6. The third-order valence-corrected chi connectivity index (χ3v) is 4.95. The first-order valence-corrected chi connectivity index (χ1v) is 9.48. The van der Waals surface area contributed by atoms with E-state index in [0.717, 1.165) is 4.90 Å². The Morgan fingerprint density at radius 3 is 2.73 bits per heavy atom. The second-order valence-corrected chi connectivity index (χ2v) is 7.06. The molecule has 134 valence electrons. The summed E-state index contributed by atoms with van der Waals surface area (Å²) in [7, 11) is 0. The van der Waals surface area contributed by atoms with Crippen molar-refractivity contribution in [3.05, 3.63) is 70.2 Å². The molecule has 1 aromatic heterocycles. The summed E-state index contributed by atoms with van der Waals surface area (Å²) in [5.74, 6) is -0.0482. The number of rotatable bonds is 7. The van der Waals surface area contributed by atoms with Crippen LogP contribution in [0.15, 0.2) is 64.5 Å². The first kappa shape index (κ1) is 18.5. The van der Waals surface area contributed by atoms with E-state index in [2.05, 4.69) is 4.98 Å². The summed E-state index contributed by atoms with van der Waals surface area (Å²) in [4.78, 5) is 29.4. The van der Waals surface area contributed by atoms with Crippen LogP contribution in [0, 0.1) is 0 Å². The standard InChI is InChI=1S/C19H17ClN2O3S/c20-14-6-8-15(9-7-14)26-12-18(23)25-11-3-10-22-13-21-17-5-2-1-4-16(17)19(22)24/h1-2,4-9,13H,3,10-12H2. The van der Waals surface area contributed by atoms with Gasteiger partial charge < -0.3 is 4.74 Å². The van der Waals surface area contributed by atoms with Gasteiger partial charge in [0.05, 0.1) is 29.6 Å². The number of aryl methyl sites for hydroxylation is 1. The zero-order valence-electron chi connectivity index (χ0n) is 13.9. The fourth-order valence-electron chi connectivity index (χ4n) is 2.40. The van der Waals surface area contributed by atoms with Crippen molar-refractivity contribution < 1.29 is 9.53 Å². The molecule has 0 amide bonds. The van der Waals surface area contributed by atoms with Crippen LogP contribution in [0.4, 0.5) is 0 Å². The fraction of sp³-hybridized carbons (Fsp3) is 0.211. The van der Waals surface area contributed by atoms with Crippen molar-refractivity contribution in [3.8, 4) is 0 Å². The van der Waals surface area contributed by atoms with Gasteiger partial charge >= 0.3 is 5.97 Å². The molecule has 0 bridgehead atoms. The summed E-state index contributed by atoms with van der Waals surface area (Å²) in [5.41, 5.74) is 0.597. The average Bonchev–Trinajstić information content (AvgIpc) is 2.66. The number of aromatic nitrogens is 2. The van der Waals surface area contributed by atoms with Crippen LogP contribution in [0.3, 0.4) is 0 Å². The summed E-state index contributed by atoms with van der Waals surface area (Å²) in [5, 5.41) is 1.25. The number of benzene rings is 2. The fourth-order valence-corrected chi connectivity index (χ4v) is 3.22. The molecular formula is C19H17ClN2O3S. The lowest BCUT2D eigenvalue weighted by Crippen LogP contribution is -2.21. The quantitative estimate of drug-likeness (QED) is 0.350. The SMILES string of the molecule is O=C(CSc1ccc(Cl)cc1)OCCCn1cnc2ccccc2c1=O. The van der Waals surface area contributed by atoms with E-state index in [4.69, 9.17) is 16.3 Å². The van der Waals surface area contributed by atoms with Gasteiger partial charge in [0, 0.05) is 16.5 Å². The Labute approximate surface area is 160 Å². The van der Waals surface area contributed by atoms with Crippen molar-refractivity contribution in [1.82, 2.24) is 9.55 Å². The number of nitrogens with zero attached hydrogens (tertiary/aromatic N) is 2. The molecule has 26 heavy (non-hydrogen) atoms. The summed E-state index contributed by atoms with van der Waals surface area (Å²) in [6.45, 7) is 0.716. The zero-order valence-corrected chi connectivity index (χ0v) is 15.5. The molecule has 0 aliphatic rings. The molecule has 1 heterocycles. The van der Waals surface area contributed by atoms with Gasteiger partial charge in [0.15, 0.2) is 0 Å². The lowest BCUT2D eigenvalue weighted by atomic mass is 10.2.